The van der Waals surface area contributed by atoms with Crippen LogP contribution in [0.2, 0.25) is 0 Å². The first kappa shape index (κ1) is 24.1. The number of carbonyl (C=O) groups is 1. The third-order valence-corrected chi connectivity index (χ3v) is 5.06. The summed E-state index contributed by atoms with van der Waals surface area (Å²) in [6, 6.07) is 15.4. The van der Waals surface area contributed by atoms with Gasteiger partial charge >= 0.3 is 5.97 Å². The summed E-state index contributed by atoms with van der Waals surface area (Å²) < 4.78 is 0. The fourth-order valence-electron chi connectivity index (χ4n) is 3.54. The normalized spacial score (nSPS) is 15.4. The molecule has 1 fully saturated rings. The number of hydrogen-bond acceptors (Lipinski definition) is 6. The Balaban J connectivity index is 0.000000614. The van der Waals surface area contributed by atoms with Gasteiger partial charge in [0.2, 0.25) is 0 Å². The first-order valence-electron chi connectivity index (χ1n) is 10.1. The van der Waals surface area contributed by atoms with Crippen molar-refractivity contribution in [2.24, 2.45) is 11.5 Å². The van der Waals surface area contributed by atoms with Crippen molar-refractivity contribution < 1.29 is 15.0 Å². The van der Waals surface area contributed by atoms with Crippen molar-refractivity contribution in [2.45, 2.75) is 6.04 Å². The highest BCUT2D eigenvalue weighted by Crippen LogP contribution is 2.31. The SMILES string of the molecule is C=CCN1CCN(C(c2ccc(C(=N)N)cc2)c2cccc(O)c2)CC1.NCC(=O)O. The topological polar surface area (TPSA) is 140 Å². The van der Waals surface area contributed by atoms with E-state index in [-0.39, 0.29) is 24.2 Å². The molecular formula is C23H31N5O3. The monoisotopic (exact) mass is 425 g/mol. The number of phenolic OH excluding ortho intramolecular Hbond substituents is 1. The van der Waals surface area contributed by atoms with Crippen LogP contribution >= 0.6 is 0 Å². The van der Waals surface area contributed by atoms with Gasteiger partial charge in [0.1, 0.15) is 11.6 Å². The second kappa shape index (κ2) is 11.8. The van der Waals surface area contributed by atoms with Gasteiger partial charge in [0, 0.05) is 38.3 Å². The minimum absolute atomic E-state index is 0.0639. The lowest BCUT2D eigenvalue weighted by atomic mass is 9.95. The van der Waals surface area contributed by atoms with Crippen LogP contribution in [0.25, 0.3) is 0 Å². The Morgan fingerprint density at radius 3 is 2.23 bits per heavy atom. The summed E-state index contributed by atoms with van der Waals surface area (Å²) in [6.07, 6.45) is 1.95. The van der Waals surface area contributed by atoms with Crippen LogP contribution in [0.4, 0.5) is 0 Å². The first-order valence-corrected chi connectivity index (χ1v) is 10.1. The molecule has 2 aromatic rings. The number of nitrogens with two attached hydrogens (primary N) is 2. The van der Waals surface area contributed by atoms with E-state index in [0.717, 1.165) is 49.4 Å². The Labute approximate surface area is 182 Å². The van der Waals surface area contributed by atoms with E-state index in [1.807, 2.05) is 42.5 Å². The maximum atomic E-state index is 9.95. The molecule has 166 valence electrons. The summed E-state index contributed by atoms with van der Waals surface area (Å²) in [5.41, 5.74) is 13.1. The van der Waals surface area contributed by atoms with Crippen molar-refractivity contribution in [3.05, 3.63) is 77.9 Å². The van der Waals surface area contributed by atoms with Gasteiger partial charge in [-0.2, -0.15) is 0 Å². The Bertz CT molecular complexity index is 877. The standard InChI is InChI=1S/C21H26N4O.C2H5NO2/c1-2-10-24-11-13-25(14-12-24)20(18-4-3-5-19(26)15-18)16-6-8-17(9-7-16)21(22)23;3-1-2(4)5/h2-9,15,20,26H,1,10-14H2,(H3,22,23);1,3H2,(H,4,5). The van der Waals surface area contributed by atoms with Gasteiger partial charge in [0.15, 0.2) is 0 Å². The molecule has 0 radical (unpaired) electrons. The van der Waals surface area contributed by atoms with Crippen LogP contribution in [-0.2, 0) is 4.79 Å². The average molecular weight is 426 g/mol. The Morgan fingerprint density at radius 1 is 1.13 bits per heavy atom. The van der Waals surface area contributed by atoms with E-state index in [1.165, 1.54) is 0 Å². The molecule has 1 aliphatic heterocycles. The molecule has 1 aliphatic rings. The fourth-order valence-corrected chi connectivity index (χ4v) is 3.54. The minimum Gasteiger partial charge on any atom is -0.508 e. The summed E-state index contributed by atoms with van der Waals surface area (Å²) in [4.78, 5) is 14.1. The van der Waals surface area contributed by atoms with Crippen LogP contribution in [0.3, 0.4) is 0 Å². The van der Waals surface area contributed by atoms with Crippen LogP contribution in [0.1, 0.15) is 22.7 Å². The number of piperazine rings is 1. The summed E-state index contributed by atoms with van der Waals surface area (Å²) in [7, 11) is 0. The molecule has 1 unspecified atom stereocenters. The molecule has 0 spiro atoms. The van der Waals surface area contributed by atoms with Crippen LogP contribution in [0.5, 0.6) is 5.75 Å². The van der Waals surface area contributed by atoms with Crippen LogP contribution in [0, 0.1) is 5.41 Å². The lowest BCUT2D eigenvalue weighted by Gasteiger charge is -2.39. The van der Waals surface area contributed by atoms with Gasteiger partial charge in [-0.3, -0.25) is 20.0 Å². The number of nitrogens with zero attached hydrogens (tertiary/aromatic N) is 2. The van der Waals surface area contributed by atoms with Gasteiger partial charge in [0.05, 0.1) is 12.6 Å². The molecule has 7 N–H and O–H groups in total. The number of rotatable bonds is 7. The minimum atomic E-state index is -0.968. The third kappa shape index (κ3) is 7.21. The summed E-state index contributed by atoms with van der Waals surface area (Å²) in [5.74, 6) is -0.619. The fraction of sp³-hybridized carbons (Fsp3) is 0.304. The lowest BCUT2D eigenvalue weighted by Crippen LogP contribution is -2.47. The molecule has 0 aromatic heterocycles. The Morgan fingerprint density at radius 2 is 1.74 bits per heavy atom. The highest BCUT2D eigenvalue weighted by molar-refractivity contribution is 5.94. The summed E-state index contributed by atoms with van der Waals surface area (Å²) in [6.45, 7) is 8.34. The molecule has 1 heterocycles. The van der Waals surface area contributed by atoms with E-state index in [4.69, 9.17) is 16.2 Å². The summed E-state index contributed by atoms with van der Waals surface area (Å²) in [5, 5.41) is 25.1. The maximum Gasteiger partial charge on any atom is 0.317 e. The highest BCUT2D eigenvalue weighted by atomic mass is 16.4. The van der Waals surface area contributed by atoms with Crippen molar-refractivity contribution in [1.29, 1.82) is 5.41 Å². The van der Waals surface area contributed by atoms with Crippen molar-refractivity contribution in [3.8, 4) is 5.75 Å². The average Bonchev–Trinajstić information content (AvgIpc) is 2.76. The molecule has 8 heteroatoms. The van der Waals surface area contributed by atoms with Gasteiger partial charge in [-0.1, -0.05) is 42.5 Å². The van der Waals surface area contributed by atoms with Crippen molar-refractivity contribution in [2.75, 3.05) is 39.3 Å². The molecular weight excluding hydrogens is 394 g/mol. The predicted octanol–water partition coefficient (Wildman–Crippen LogP) is 1.60. The quantitative estimate of drug-likeness (QED) is 0.258. The highest BCUT2D eigenvalue weighted by Gasteiger charge is 2.26. The number of benzene rings is 2. The number of nitrogens with one attached hydrogen (secondary N) is 1. The van der Waals surface area contributed by atoms with Gasteiger partial charge in [0.25, 0.3) is 0 Å². The van der Waals surface area contributed by atoms with E-state index < -0.39 is 5.97 Å². The molecule has 1 saturated heterocycles. The molecule has 1 atom stereocenters. The van der Waals surface area contributed by atoms with E-state index in [0.29, 0.717) is 0 Å². The van der Waals surface area contributed by atoms with Gasteiger partial charge in [-0.15, -0.1) is 6.58 Å². The molecule has 3 rings (SSSR count). The number of hydrogen-bond donors (Lipinski definition) is 5. The zero-order valence-corrected chi connectivity index (χ0v) is 17.6. The Hall–Kier alpha value is -3.20. The number of nitrogen functional groups attached to an aromatic ring is 1. The van der Waals surface area contributed by atoms with E-state index >= 15 is 0 Å². The maximum absolute atomic E-state index is 9.95. The second-order valence-electron chi connectivity index (χ2n) is 7.26. The number of amidine groups is 1. The van der Waals surface area contributed by atoms with Crippen molar-refractivity contribution in [3.63, 3.8) is 0 Å². The van der Waals surface area contributed by atoms with Crippen LogP contribution < -0.4 is 11.5 Å². The smallest absolute Gasteiger partial charge is 0.317 e. The Kier molecular flexibility index (Phi) is 9.20. The predicted molar refractivity (Wildman–Crippen MR) is 122 cm³/mol. The molecule has 8 nitrogen and oxygen atoms in total. The zero-order valence-electron chi connectivity index (χ0n) is 17.6. The van der Waals surface area contributed by atoms with Crippen LogP contribution in [0.15, 0.2) is 61.2 Å². The number of aromatic hydroxyl groups is 1. The molecule has 0 aliphatic carbocycles. The van der Waals surface area contributed by atoms with Gasteiger partial charge in [-0.05, 0) is 23.3 Å². The number of carboxylic acid groups (broad SMARTS) is 1. The molecule has 0 amide bonds. The van der Waals surface area contributed by atoms with Crippen molar-refractivity contribution >= 4 is 11.8 Å². The molecule has 0 saturated carbocycles. The van der Waals surface area contributed by atoms with Gasteiger partial charge < -0.3 is 21.7 Å². The zero-order chi connectivity index (χ0) is 22.8. The van der Waals surface area contributed by atoms with E-state index in [9.17, 15) is 9.90 Å². The number of carboxylic acids is 1. The molecule has 31 heavy (non-hydrogen) atoms. The number of phenols is 1. The van der Waals surface area contributed by atoms with Crippen molar-refractivity contribution in [1.82, 2.24) is 9.80 Å². The van der Waals surface area contributed by atoms with Gasteiger partial charge in [-0.25, -0.2) is 0 Å². The lowest BCUT2D eigenvalue weighted by molar-refractivity contribution is -0.135. The first-order chi connectivity index (χ1) is 14.8. The third-order valence-electron chi connectivity index (χ3n) is 5.06. The largest absolute Gasteiger partial charge is 0.508 e. The summed E-state index contributed by atoms with van der Waals surface area (Å²) >= 11 is 0. The number of aliphatic carboxylic acids is 1. The van der Waals surface area contributed by atoms with E-state index in [1.54, 1.807) is 6.07 Å². The molecule has 2 aromatic carbocycles. The second-order valence-corrected chi connectivity index (χ2v) is 7.26. The van der Waals surface area contributed by atoms with Crippen LogP contribution in [-0.4, -0.2) is 71.1 Å². The molecule has 0 bridgehead atoms. The van der Waals surface area contributed by atoms with E-state index in [2.05, 4.69) is 28.2 Å².